The van der Waals surface area contributed by atoms with E-state index in [4.69, 9.17) is 11.6 Å². The average molecular weight is 309 g/mol. The van der Waals surface area contributed by atoms with E-state index in [1.165, 1.54) is 50.8 Å². The summed E-state index contributed by atoms with van der Waals surface area (Å²) in [5.41, 5.74) is 1.35. The summed E-state index contributed by atoms with van der Waals surface area (Å²) in [4.78, 5) is 2.70. The predicted molar refractivity (Wildman–Crippen MR) is 92.0 cm³/mol. The van der Waals surface area contributed by atoms with E-state index in [1.54, 1.807) is 0 Å². The molecule has 0 amide bonds. The number of hydrogen-bond donors (Lipinski definition) is 1. The third-order valence-corrected chi connectivity index (χ3v) is 4.90. The van der Waals surface area contributed by atoms with Crippen LogP contribution in [0.1, 0.15) is 57.6 Å². The van der Waals surface area contributed by atoms with E-state index >= 15 is 0 Å². The van der Waals surface area contributed by atoms with Crippen molar-refractivity contribution >= 4 is 11.6 Å². The summed E-state index contributed by atoms with van der Waals surface area (Å²) in [5, 5.41) is 4.44. The topological polar surface area (TPSA) is 15.3 Å². The smallest absolute Gasteiger partial charge is 0.0406 e. The van der Waals surface area contributed by atoms with Gasteiger partial charge >= 0.3 is 0 Å². The van der Waals surface area contributed by atoms with Crippen LogP contribution in [-0.2, 0) is 0 Å². The van der Waals surface area contributed by atoms with Gasteiger partial charge in [-0.3, -0.25) is 0 Å². The molecular formula is C18H29ClN2. The van der Waals surface area contributed by atoms with Crippen molar-refractivity contribution < 1.29 is 0 Å². The van der Waals surface area contributed by atoms with Crippen LogP contribution in [0.15, 0.2) is 24.3 Å². The van der Waals surface area contributed by atoms with E-state index < -0.39 is 0 Å². The van der Waals surface area contributed by atoms with Crippen molar-refractivity contribution in [2.75, 3.05) is 19.6 Å². The van der Waals surface area contributed by atoms with Crippen LogP contribution in [0.2, 0.25) is 5.02 Å². The largest absolute Gasteiger partial charge is 0.310 e. The fraction of sp³-hybridized carbons (Fsp3) is 0.667. The first-order valence-corrected chi connectivity index (χ1v) is 8.85. The molecule has 21 heavy (non-hydrogen) atoms. The summed E-state index contributed by atoms with van der Waals surface area (Å²) < 4.78 is 0. The molecule has 2 atom stereocenters. The number of benzene rings is 1. The van der Waals surface area contributed by atoms with Crippen LogP contribution in [0, 0.1) is 0 Å². The Morgan fingerprint density at radius 1 is 1.24 bits per heavy atom. The molecule has 2 nitrogen and oxygen atoms in total. The minimum Gasteiger partial charge on any atom is -0.310 e. The van der Waals surface area contributed by atoms with Crippen LogP contribution in [-0.4, -0.2) is 30.6 Å². The third-order valence-electron chi connectivity index (χ3n) is 4.65. The lowest BCUT2D eigenvalue weighted by molar-refractivity contribution is 0.137. The minimum absolute atomic E-state index is 0.437. The molecular weight excluding hydrogens is 280 g/mol. The van der Waals surface area contributed by atoms with Gasteiger partial charge in [0.25, 0.3) is 0 Å². The number of halogens is 1. The number of rotatable bonds is 7. The molecule has 1 N–H and O–H groups in total. The summed E-state index contributed by atoms with van der Waals surface area (Å²) in [6.45, 7) is 7.98. The van der Waals surface area contributed by atoms with Crippen molar-refractivity contribution in [3.63, 3.8) is 0 Å². The standard InChI is InChI=1S/C18H29ClN2/c1-3-17-7-5-6-13-21(17)14-12-18(20-4-2)15-8-10-16(19)11-9-15/h8-11,17-18,20H,3-7,12-14H2,1-2H3. The van der Waals surface area contributed by atoms with Crippen molar-refractivity contribution in [2.45, 2.75) is 58.0 Å². The van der Waals surface area contributed by atoms with Crippen LogP contribution in [0.5, 0.6) is 0 Å². The van der Waals surface area contributed by atoms with Gasteiger partial charge in [-0.05, 0) is 56.5 Å². The second-order valence-corrected chi connectivity index (χ2v) is 6.48. The molecule has 0 spiro atoms. The maximum atomic E-state index is 6.00. The Balaban J connectivity index is 1.94. The van der Waals surface area contributed by atoms with Crippen molar-refractivity contribution in [2.24, 2.45) is 0 Å². The number of nitrogens with zero attached hydrogens (tertiary/aromatic N) is 1. The van der Waals surface area contributed by atoms with Gasteiger partial charge in [-0.25, -0.2) is 0 Å². The van der Waals surface area contributed by atoms with Gasteiger partial charge in [-0.2, -0.15) is 0 Å². The second kappa shape index (κ2) is 8.77. The minimum atomic E-state index is 0.437. The molecule has 1 aliphatic heterocycles. The molecule has 1 aliphatic rings. The summed E-state index contributed by atoms with van der Waals surface area (Å²) >= 11 is 6.00. The molecule has 0 bridgehead atoms. The molecule has 1 aromatic carbocycles. The van der Waals surface area contributed by atoms with Gasteiger partial charge in [-0.1, -0.05) is 44.0 Å². The van der Waals surface area contributed by atoms with E-state index in [0.717, 1.165) is 17.6 Å². The molecule has 0 aliphatic carbocycles. The van der Waals surface area contributed by atoms with Gasteiger partial charge in [0.15, 0.2) is 0 Å². The molecule has 1 saturated heterocycles. The van der Waals surface area contributed by atoms with Gasteiger partial charge in [0.1, 0.15) is 0 Å². The fourth-order valence-corrected chi connectivity index (χ4v) is 3.57. The number of likely N-dealkylation sites (tertiary alicyclic amines) is 1. The number of piperidine rings is 1. The van der Waals surface area contributed by atoms with Gasteiger partial charge < -0.3 is 10.2 Å². The van der Waals surface area contributed by atoms with Crippen molar-refractivity contribution in [1.82, 2.24) is 10.2 Å². The Morgan fingerprint density at radius 3 is 2.67 bits per heavy atom. The SMILES string of the molecule is CCNC(CCN1CCCCC1CC)c1ccc(Cl)cc1. The first-order valence-electron chi connectivity index (χ1n) is 8.47. The molecule has 0 aromatic heterocycles. The van der Waals surface area contributed by atoms with Crippen molar-refractivity contribution in [3.8, 4) is 0 Å². The Hall–Kier alpha value is -0.570. The normalized spacial score (nSPS) is 21.4. The van der Waals surface area contributed by atoms with Gasteiger partial charge in [-0.15, -0.1) is 0 Å². The average Bonchev–Trinajstić information content (AvgIpc) is 2.52. The summed E-state index contributed by atoms with van der Waals surface area (Å²) in [6, 6.07) is 9.54. The lowest BCUT2D eigenvalue weighted by Crippen LogP contribution is -2.40. The fourth-order valence-electron chi connectivity index (χ4n) is 3.44. The van der Waals surface area contributed by atoms with E-state index in [2.05, 4.69) is 36.2 Å². The predicted octanol–water partition coefficient (Wildman–Crippen LogP) is 4.65. The van der Waals surface area contributed by atoms with Crippen LogP contribution < -0.4 is 5.32 Å². The molecule has 1 fully saturated rings. The quantitative estimate of drug-likeness (QED) is 0.789. The molecule has 1 heterocycles. The molecule has 2 unspecified atom stereocenters. The van der Waals surface area contributed by atoms with Crippen LogP contribution in [0.4, 0.5) is 0 Å². The Bertz CT molecular complexity index is 404. The molecule has 2 rings (SSSR count). The lowest BCUT2D eigenvalue weighted by atomic mass is 9.98. The number of hydrogen-bond acceptors (Lipinski definition) is 2. The maximum absolute atomic E-state index is 6.00. The van der Waals surface area contributed by atoms with Gasteiger partial charge in [0, 0.05) is 23.7 Å². The summed E-state index contributed by atoms with van der Waals surface area (Å²) in [6.07, 6.45) is 6.61. The molecule has 3 heteroatoms. The van der Waals surface area contributed by atoms with E-state index in [-0.39, 0.29) is 0 Å². The third kappa shape index (κ3) is 4.98. The molecule has 118 valence electrons. The lowest BCUT2D eigenvalue weighted by Gasteiger charge is -2.36. The summed E-state index contributed by atoms with van der Waals surface area (Å²) in [7, 11) is 0. The Labute approximate surface area is 134 Å². The highest BCUT2D eigenvalue weighted by atomic mass is 35.5. The molecule has 1 aromatic rings. The zero-order valence-electron chi connectivity index (χ0n) is 13.4. The maximum Gasteiger partial charge on any atom is 0.0406 e. The van der Waals surface area contributed by atoms with Crippen LogP contribution >= 0.6 is 11.6 Å². The van der Waals surface area contributed by atoms with Crippen LogP contribution in [0.25, 0.3) is 0 Å². The van der Waals surface area contributed by atoms with Crippen molar-refractivity contribution in [3.05, 3.63) is 34.9 Å². The van der Waals surface area contributed by atoms with E-state index in [1.807, 2.05) is 12.1 Å². The first kappa shape index (κ1) is 16.8. The van der Waals surface area contributed by atoms with Gasteiger partial charge in [0.05, 0.1) is 0 Å². The Kier molecular flexibility index (Phi) is 7.01. The zero-order valence-corrected chi connectivity index (χ0v) is 14.2. The van der Waals surface area contributed by atoms with Crippen molar-refractivity contribution in [1.29, 1.82) is 0 Å². The Morgan fingerprint density at radius 2 is 2.00 bits per heavy atom. The highest BCUT2D eigenvalue weighted by molar-refractivity contribution is 6.30. The zero-order chi connectivity index (χ0) is 15.1. The van der Waals surface area contributed by atoms with Gasteiger partial charge in [0.2, 0.25) is 0 Å². The molecule has 0 radical (unpaired) electrons. The second-order valence-electron chi connectivity index (χ2n) is 6.04. The van der Waals surface area contributed by atoms with E-state index in [0.29, 0.717) is 6.04 Å². The monoisotopic (exact) mass is 308 g/mol. The summed E-state index contributed by atoms with van der Waals surface area (Å²) in [5.74, 6) is 0. The first-order chi connectivity index (χ1) is 10.2. The highest BCUT2D eigenvalue weighted by Crippen LogP contribution is 2.23. The highest BCUT2D eigenvalue weighted by Gasteiger charge is 2.21. The number of nitrogens with one attached hydrogen (secondary N) is 1. The molecule has 0 saturated carbocycles. The van der Waals surface area contributed by atoms with Crippen LogP contribution in [0.3, 0.4) is 0 Å². The van der Waals surface area contributed by atoms with E-state index in [9.17, 15) is 0 Å².